The summed E-state index contributed by atoms with van der Waals surface area (Å²) in [7, 11) is 0. The smallest absolute Gasteiger partial charge is 0.252 e. The number of nitrogens with zero attached hydrogens (tertiary/aromatic N) is 4. The fourth-order valence-electron chi connectivity index (χ4n) is 11.7. The maximum atomic E-state index is 10.2. The predicted octanol–water partition coefficient (Wildman–Crippen LogP) is 11.0. The highest BCUT2D eigenvalue weighted by molar-refractivity contribution is 7.00. The lowest BCUT2D eigenvalue weighted by Gasteiger charge is -2.34. The number of aromatic nitrogens is 2. The molecule has 274 valence electrons. The minimum Gasteiger partial charge on any atom is -0.310 e. The number of hydrogen-bond acceptors (Lipinski definition) is 2. The van der Waals surface area contributed by atoms with Crippen molar-refractivity contribution in [2.45, 2.75) is 19.3 Å². The Morgan fingerprint density at radius 2 is 1.02 bits per heavy atom. The highest BCUT2D eigenvalue weighted by Gasteiger charge is 2.42. The highest BCUT2D eigenvalue weighted by Crippen LogP contribution is 2.50. The number of rotatable bonds is 1. The van der Waals surface area contributed by atoms with E-state index in [0.717, 1.165) is 38.7 Å². The Kier molecular flexibility index (Phi) is 5.78. The first-order chi connectivity index (χ1) is 29.4. The van der Waals surface area contributed by atoms with E-state index in [0.29, 0.717) is 11.1 Å². The number of hydrogen-bond donors (Lipinski definition) is 0. The Balaban J connectivity index is 1.19. The summed E-state index contributed by atoms with van der Waals surface area (Å²) in [4.78, 5) is 0. The Morgan fingerprint density at radius 3 is 1.60 bits per heavy atom. The van der Waals surface area contributed by atoms with Crippen LogP contribution in [0.1, 0.15) is 36.1 Å². The second-order valence-electron chi connectivity index (χ2n) is 17.5. The molecular formula is C55H31BN4. The summed E-state index contributed by atoms with van der Waals surface area (Å²) in [5, 5.41) is 29.7. The van der Waals surface area contributed by atoms with Gasteiger partial charge in [0.25, 0.3) is 6.71 Å². The first kappa shape index (κ1) is 32.1. The van der Waals surface area contributed by atoms with Gasteiger partial charge < -0.3 is 9.13 Å². The Hall–Kier alpha value is -7.86. The van der Waals surface area contributed by atoms with Gasteiger partial charge in [-0.15, -0.1) is 0 Å². The molecule has 60 heavy (non-hydrogen) atoms. The van der Waals surface area contributed by atoms with Gasteiger partial charge >= 0.3 is 0 Å². The van der Waals surface area contributed by atoms with E-state index in [1.54, 1.807) is 0 Å². The molecule has 1 aliphatic carbocycles. The summed E-state index contributed by atoms with van der Waals surface area (Å²) in [5.41, 5.74) is 19.5. The Labute approximate surface area is 345 Å². The predicted molar refractivity (Wildman–Crippen MR) is 247 cm³/mol. The van der Waals surface area contributed by atoms with Crippen molar-refractivity contribution in [3.63, 3.8) is 0 Å². The molecule has 2 aliphatic heterocycles. The molecule has 0 bridgehead atoms. The third kappa shape index (κ3) is 3.73. The zero-order valence-electron chi connectivity index (χ0n) is 32.8. The SMILES string of the molecule is CC1(C)c2ccccc2-c2ccc(-c3cc4c5c(c3)-n3c6ccc(C#N)cc6c6c7ccccc7cc(c63)B5c3cc5ccccc5c5c6cc(C#N)ccc6n-4c35)cc21. The minimum absolute atomic E-state index is 0.0729. The molecule has 14 rings (SSSR count). The van der Waals surface area contributed by atoms with Gasteiger partial charge in [-0.2, -0.15) is 10.5 Å². The summed E-state index contributed by atoms with van der Waals surface area (Å²) in [6.45, 7) is 4.62. The molecule has 11 aromatic rings. The summed E-state index contributed by atoms with van der Waals surface area (Å²) < 4.78 is 5.00. The Bertz CT molecular complexity index is 3760. The third-order valence-corrected chi connectivity index (χ3v) is 14.3. The van der Waals surface area contributed by atoms with Crippen LogP contribution in [0.4, 0.5) is 0 Å². The van der Waals surface area contributed by atoms with Gasteiger partial charge in [-0.25, -0.2) is 0 Å². The van der Waals surface area contributed by atoms with Crippen LogP contribution in [0.25, 0.3) is 98.8 Å². The first-order valence-corrected chi connectivity index (χ1v) is 20.7. The van der Waals surface area contributed by atoms with Gasteiger partial charge in [0.1, 0.15) is 0 Å². The average molecular weight is 759 g/mol. The zero-order valence-corrected chi connectivity index (χ0v) is 32.8. The third-order valence-electron chi connectivity index (χ3n) is 14.3. The molecule has 0 unspecified atom stereocenters. The molecule has 3 aliphatic rings. The lowest BCUT2D eigenvalue weighted by molar-refractivity contribution is 0.660. The van der Waals surface area contributed by atoms with Crippen molar-refractivity contribution in [1.29, 1.82) is 10.5 Å². The van der Waals surface area contributed by atoms with Crippen molar-refractivity contribution in [2.24, 2.45) is 0 Å². The van der Waals surface area contributed by atoms with E-state index in [9.17, 15) is 10.5 Å². The van der Waals surface area contributed by atoms with Crippen LogP contribution in [-0.2, 0) is 5.41 Å². The average Bonchev–Trinajstić information content (AvgIpc) is 3.90. The lowest BCUT2D eigenvalue weighted by atomic mass is 9.34. The molecule has 4 heterocycles. The molecule has 0 spiro atoms. The second kappa shape index (κ2) is 10.8. The van der Waals surface area contributed by atoms with Gasteiger partial charge in [-0.1, -0.05) is 111 Å². The summed E-state index contributed by atoms with van der Waals surface area (Å²) >= 11 is 0. The van der Waals surface area contributed by atoms with E-state index < -0.39 is 0 Å². The van der Waals surface area contributed by atoms with Gasteiger partial charge in [-0.05, 0) is 126 Å². The quantitative estimate of drug-likeness (QED) is 0.157. The first-order valence-electron chi connectivity index (χ1n) is 20.7. The fraction of sp³-hybridized carbons (Fsp3) is 0.0545. The topological polar surface area (TPSA) is 57.4 Å². The van der Waals surface area contributed by atoms with E-state index in [-0.39, 0.29) is 12.1 Å². The van der Waals surface area contributed by atoms with E-state index in [4.69, 9.17) is 0 Å². The molecule has 0 N–H and O–H groups in total. The van der Waals surface area contributed by atoms with Crippen LogP contribution < -0.4 is 16.4 Å². The Morgan fingerprint density at radius 1 is 0.483 bits per heavy atom. The van der Waals surface area contributed by atoms with Crippen molar-refractivity contribution in [3.05, 3.63) is 174 Å². The molecule has 9 aromatic carbocycles. The van der Waals surface area contributed by atoms with Crippen molar-refractivity contribution in [3.8, 4) is 45.8 Å². The second-order valence-corrected chi connectivity index (χ2v) is 17.5. The largest absolute Gasteiger partial charge is 0.310 e. The number of fused-ring (bicyclic) bond motifs is 17. The van der Waals surface area contributed by atoms with E-state index >= 15 is 0 Å². The van der Waals surface area contributed by atoms with Crippen LogP contribution in [0, 0.1) is 22.7 Å². The molecule has 0 fully saturated rings. The van der Waals surface area contributed by atoms with Crippen molar-refractivity contribution >= 4 is 88.3 Å². The normalized spacial score (nSPS) is 13.9. The summed E-state index contributed by atoms with van der Waals surface area (Å²) in [6.07, 6.45) is 0. The van der Waals surface area contributed by atoms with Gasteiger partial charge in [-0.3, -0.25) is 0 Å². The molecule has 4 nitrogen and oxygen atoms in total. The van der Waals surface area contributed by atoms with Crippen molar-refractivity contribution in [2.75, 3.05) is 0 Å². The molecule has 0 saturated heterocycles. The van der Waals surface area contributed by atoms with Crippen LogP contribution in [0.5, 0.6) is 0 Å². The molecule has 2 aromatic heterocycles. The monoisotopic (exact) mass is 758 g/mol. The van der Waals surface area contributed by atoms with Crippen LogP contribution >= 0.6 is 0 Å². The molecule has 5 heteroatoms. The zero-order chi connectivity index (χ0) is 39.8. The minimum atomic E-state index is -0.141. The van der Waals surface area contributed by atoms with E-state index in [1.165, 1.54) is 87.6 Å². The lowest BCUT2D eigenvalue weighted by Crippen LogP contribution is -2.59. The van der Waals surface area contributed by atoms with Crippen molar-refractivity contribution < 1.29 is 0 Å². The van der Waals surface area contributed by atoms with Crippen LogP contribution in [-0.4, -0.2) is 15.8 Å². The van der Waals surface area contributed by atoms with E-state index in [2.05, 4.69) is 175 Å². The molecule has 0 saturated carbocycles. The summed E-state index contributed by atoms with van der Waals surface area (Å²) in [6, 6.07) is 60.4. The van der Waals surface area contributed by atoms with Gasteiger partial charge in [0, 0.05) is 38.3 Å². The molecule has 0 radical (unpaired) electrons. The highest BCUT2D eigenvalue weighted by atomic mass is 15.0. The molecule has 0 atom stereocenters. The van der Waals surface area contributed by atoms with E-state index in [1.807, 2.05) is 12.1 Å². The van der Waals surface area contributed by atoms with Crippen molar-refractivity contribution in [1.82, 2.24) is 9.13 Å². The van der Waals surface area contributed by atoms with Crippen LogP contribution in [0.3, 0.4) is 0 Å². The fourth-order valence-corrected chi connectivity index (χ4v) is 11.7. The number of nitriles is 2. The molecule has 0 amide bonds. The van der Waals surface area contributed by atoms with Crippen LogP contribution in [0.15, 0.2) is 152 Å². The standard InChI is InChI=1S/C55H31BN4/c1-55(2)42-14-8-7-13-38(42)39-18-17-32(23-43(39)55)35-26-48-52-49(27-35)60-47-20-16-31(29-58)22-41(47)51-37-12-6-4-10-34(37)25-45(54(51)60)56(52)44-24-33-9-3-5-11-36(33)50-40-21-30(28-57)15-19-46(40)59(48)53(44)50/h3-27H,1-2H3. The van der Waals surface area contributed by atoms with Gasteiger partial charge in [0.05, 0.1) is 45.3 Å². The van der Waals surface area contributed by atoms with Gasteiger partial charge in [0.2, 0.25) is 0 Å². The van der Waals surface area contributed by atoms with Gasteiger partial charge in [0.15, 0.2) is 0 Å². The maximum absolute atomic E-state index is 10.2. The molecular weight excluding hydrogens is 727 g/mol. The maximum Gasteiger partial charge on any atom is 0.252 e. The number of benzene rings is 9. The summed E-state index contributed by atoms with van der Waals surface area (Å²) in [5.74, 6) is 0. The van der Waals surface area contributed by atoms with Crippen LogP contribution in [0.2, 0.25) is 0 Å².